The molecule has 140 valence electrons. The lowest BCUT2D eigenvalue weighted by molar-refractivity contribution is -0.122. The highest BCUT2D eigenvalue weighted by Gasteiger charge is 2.31. The Morgan fingerprint density at radius 2 is 2.08 bits per heavy atom. The van der Waals surface area contributed by atoms with E-state index in [0.717, 1.165) is 12.8 Å². The molecule has 0 radical (unpaired) electrons. The third kappa shape index (κ3) is 6.09. The average Bonchev–Trinajstić information content (AvgIpc) is 3.17. The number of aromatic nitrogens is 2. The van der Waals surface area contributed by atoms with Crippen LogP contribution in [0.4, 0.5) is 0 Å². The largest absolute Gasteiger partial charge is 0.384 e. The van der Waals surface area contributed by atoms with Gasteiger partial charge in [0.15, 0.2) is 5.82 Å². The molecule has 1 aliphatic heterocycles. The summed E-state index contributed by atoms with van der Waals surface area (Å²) in [7, 11) is 3.61. The van der Waals surface area contributed by atoms with Gasteiger partial charge in [-0.1, -0.05) is 5.16 Å². The third-order valence-corrected chi connectivity index (χ3v) is 4.47. The first-order valence-electron chi connectivity index (χ1n) is 8.53. The minimum Gasteiger partial charge on any atom is -0.384 e. The first kappa shape index (κ1) is 19.3. The van der Waals surface area contributed by atoms with Crippen molar-refractivity contribution in [2.45, 2.75) is 51.2 Å². The summed E-state index contributed by atoms with van der Waals surface area (Å²) in [5.74, 6) is 0.887. The summed E-state index contributed by atoms with van der Waals surface area (Å²) in [6, 6.07) is 0.458. The van der Waals surface area contributed by atoms with Crippen molar-refractivity contribution >= 4 is 11.8 Å². The molecule has 0 bridgehead atoms. The second-order valence-corrected chi connectivity index (χ2v) is 6.32. The molecule has 2 rings (SSSR count). The van der Waals surface area contributed by atoms with E-state index in [9.17, 15) is 9.59 Å². The van der Waals surface area contributed by atoms with Crippen LogP contribution >= 0.6 is 0 Å². The van der Waals surface area contributed by atoms with Crippen molar-refractivity contribution in [3.63, 3.8) is 0 Å². The molecule has 0 aromatic carbocycles. The topological polar surface area (TPSA) is 110 Å². The highest BCUT2D eigenvalue weighted by molar-refractivity contribution is 5.76. The van der Waals surface area contributed by atoms with E-state index in [0.29, 0.717) is 37.7 Å². The number of likely N-dealkylation sites (N-methyl/N-ethyl adjacent to an activating group) is 1. The third-order valence-electron chi connectivity index (χ3n) is 4.47. The fourth-order valence-electron chi connectivity index (χ4n) is 2.96. The molecule has 0 aliphatic carbocycles. The lowest BCUT2D eigenvalue weighted by Crippen LogP contribution is -2.41. The summed E-state index contributed by atoms with van der Waals surface area (Å²) in [6.07, 6.45) is 2.91. The highest BCUT2D eigenvalue weighted by Crippen LogP contribution is 2.24. The number of ether oxygens (including phenoxy) is 1. The van der Waals surface area contributed by atoms with Gasteiger partial charge in [-0.2, -0.15) is 4.98 Å². The average molecular weight is 353 g/mol. The van der Waals surface area contributed by atoms with Gasteiger partial charge in [-0.15, -0.1) is 0 Å². The number of nitrogens with zero attached hydrogens (tertiary/aromatic N) is 3. The van der Waals surface area contributed by atoms with Crippen molar-refractivity contribution in [3.8, 4) is 0 Å². The van der Waals surface area contributed by atoms with Crippen LogP contribution in [0, 0.1) is 0 Å². The maximum atomic E-state index is 12.2. The zero-order valence-electron chi connectivity index (χ0n) is 15.1. The molecule has 9 nitrogen and oxygen atoms in total. The number of hydrogen-bond donors (Lipinski definition) is 2. The molecule has 1 aliphatic rings. The molecule has 0 unspecified atom stereocenters. The first-order chi connectivity index (χ1) is 12.0. The highest BCUT2D eigenvalue weighted by atomic mass is 16.5. The zero-order valence-corrected chi connectivity index (χ0v) is 15.1. The predicted octanol–water partition coefficient (Wildman–Crippen LogP) is -0.136. The smallest absolute Gasteiger partial charge is 0.246 e. The lowest BCUT2D eigenvalue weighted by Gasteiger charge is -2.25. The summed E-state index contributed by atoms with van der Waals surface area (Å²) in [5.41, 5.74) is 0. The standard InChI is InChI=1S/C16H27N5O4/c1-11(22)17-9-13-5-4-12(21(13)2)8-15(23)18-10-16-19-14(20-25-16)6-7-24-3/h12-13H,4-10H2,1-3H3,(H,17,22)(H,18,23)/t12-,13+/m0/s1. The SMILES string of the molecule is COCCc1noc(CNC(=O)C[C@@H]2CC[C@H](CNC(C)=O)N2C)n1. The van der Waals surface area contributed by atoms with Crippen molar-refractivity contribution in [1.82, 2.24) is 25.7 Å². The zero-order chi connectivity index (χ0) is 18.2. The van der Waals surface area contributed by atoms with E-state index in [2.05, 4.69) is 25.7 Å². The minimum absolute atomic E-state index is 0.0287. The molecule has 2 N–H and O–H groups in total. The summed E-state index contributed by atoms with van der Waals surface area (Å²) in [4.78, 5) is 29.5. The second-order valence-electron chi connectivity index (χ2n) is 6.32. The maximum absolute atomic E-state index is 12.2. The number of methoxy groups -OCH3 is 1. The van der Waals surface area contributed by atoms with Gasteiger partial charge in [0.2, 0.25) is 17.7 Å². The van der Waals surface area contributed by atoms with Crippen molar-refractivity contribution < 1.29 is 18.8 Å². The van der Waals surface area contributed by atoms with E-state index in [1.165, 1.54) is 6.92 Å². The van der Waals surface area contributed by atoms with E-state index in [-0.39, 0.29) is 30.4 Å². The molecule has 2 amide bonds. The van der Waals surface area contributed by atoms with Gasteiger partial charge in [-0.3, -0.25) is 14.5 Å². The van der Waals surface area contributed by atoms with Crippen molar-refractivity contribution in [1.29, 1.82) is 0 Å². The Balaban J connectivity index is 1.71. The number of carbonyl (C=O) groups excluding carboxylic acids is 2. The quantitative estimate of drug-likeness (QED) is 0.636. The van der Waals surface area contributed by atoms with Gasteiger partial charge in [0.25, 0.3) is 0 Å². The van der Waals surface area contributed by atoms with Crippen LogP contribution < -0.4 is 10.6 Å². The van der Waals surface area contributed by atoms with Crippen LogP contribution in [-0.2, 0) is 27.3 Å². The van der Waals surface area contributed by atoms with Gasteiger partial charge >= 0.3 is 0 Å². The molecule has 1 saturated heterocycles. The Morgan fingerprint density at radius 1 is 1.32 bits per heavy atom. The summed E-state index contributed by atoms with van der Waals surface area (Å²) >= 11 is 0. The van der Waals surface area contributed by atoms with Crippen LogP contribution in [0.25, 0.3) is 0 Å². The van der Waals surface area contributed by atoms with E-state index in [4.69, 9.17) is 9.26 Å². The number of nitrogens with one attached hydrogen (secondary N) is 2. The second kappa shape index (κ2) is 9.47. The van der Waals surface area contributed by atoms with Gasteiger partial charge in [-0.05, 0) is 19.9 Å². The fraction of sp³-hybridized carbons (Fsp3) is 0.750. The molecule has 1 fully saturated rings. The Kier molecular flexibility index (Phi) is 7.32. The monoisotopic (exact) mass is 353 g/mol. The van der Waals surface area contributed by atoms with E-state index < -0.39 is 0 Å². The molecule has 1 aromatic heterocycles. The van der Waals surface area contributed by atoms with Crippen LogP contribution in [0.2, 0.25) is 0 Å². The summed E-state index contributed by atoms with van der Waals surface area (Å²) < 4.78 is 10.1. The molecule has 0 saturated carbocycles. The predicted molar refractivity (Wildman–Crippen MR) is 89.6 cm³/mol. The van der Waals surface area contributed by atoms with E-state index in [1.54, 1.807) is 7.11 Å². The number of rotatable bonds is 9. The molecule has 1 aromatic rings. The van der Waals surface area contributed by atoms with Crippen molar-refractivity contribution in [2.75, 3.05) is 27.3 Å². The number of amides is 2. The molecule has 9 heteroatoms. The number of carbonyl (C=O) groups is 2. The Bertz CT molecular complexity index is 577. The normalized spacial score (nSPS) is 20.6. The summed E-state index contributed by atoms with van der Waals surface area (Å²) in [6.45, 7) is 2.89. The Labute approximate surface area is 147 Å². The maximum Gasteiger partial charge on any atom is 0.246 e. The Hall–Kier alpha value is -2.00. The van der Waals surface area contributed by atoms with Crippen molar-refractivity contribution in [2.24, 2.45) is 0 Å². The molecule has 0 spiro atoms. The van der Waals surface area contributed by atoms with Crippen LogP contribution in [0.5, 0.6) is 0 Å². The van der Waals surface area contributed by atoms with Crippen molar-refractivity contribution in [3.05, 3.63) is 11.7 Å². The van der Waals surface area contributed by atoms with Gasteiger partial charge in [0.05, 0.1) is 13.2 Å². The van der Waals surface area contributed by atoms with E-state index >= 15 is 0 Å². The van der Waals surface area contributed by atoms with Crippen LogP contribution in [0.15, 0.2) is 4.52 Å². The van der Waals surface area contributed by atoms with Crippen LogP contribution in [0.3, 0.4) is 0 Å². The van der Waals surface area contributed by atoms with Gasteiger partial charge in [0.1, 0.15) is 0 Å². The van der Waals surface area contributed by atoms with Gasteiger partial charge < -0.3 is 19.9 Å². The molecule has 2 heterocycles. The van der Waals surface area contributed by atoms with Crippen LogP contribution in [0.1, 0.15) is 37.9 Å². The molecule has 25 heavy (non-hydrogen) atoms. The molecular weight excluding hydrogens is 326 g/mol. The fourth-order valence-corrected chi connectivity index (χ4v) is 2.96. The van der Waals surface area contributed by atoms with Gasteiger partial charge in [0, 0.05) is 45.5 Å². The van der Waals surface area contributed by atoms with E-state index in [1.807, 2.05) is 7.05 Å². The minimum atomic E-state index is -0.0475. The van der Waals surface area contributed by atoms with Gasteiger partial charge in [-0.25, -0.2) is 0 Å². The molecule has 2 atom stereocenters. The summed E-state index contributed by atoms with van der Waals surface area (Å²) in [5, 5.41) is 9.49. The van der Waals surface area contributed by atoms with Crippen LogP contribution in [-0.4, -0.2) is 66.2 Å². The number of hydrogen-bond acceptors (Lipinski definition) is 7. The first-order valence-corrected chi connectivity index (χ1v) is 8.53. The Morgan fingerprint density at radius 3 is 2.80 bits per heavy atom. The number of likely N-dealkylation sites (tertiary alicyclic amines) is 1. The lowest BCUT2D eigenvalue weighted by atomic mass is 10.1. The molecular formula is C16H27N5O4.